The summed E-state index contributed by atoms with van der Waals surface area (Å²) in [5, 5.41) is 4.96. The molecule has 1 nitrogen and oxygen atoms in total. The van der Waals surface area contributed by atoms with E-state index < -0.39 is 8.32 Å². The number of rotatable bonds is 5. The summed E-state index contributed by atoms with van der Waals surface area (Å²) in [6.45, 7) is 12.2. The molecule has 164 valence electrons. The van der Waals surface area contributed by atoms with Gasteiger partial charge in [0.1, 0.15) is 0 Å². The number of thiophene rings is 3. The van der Waals surface area contributed by atoms with Crippen molar-refractivity contribution >= 4 is 71.5 Å². The Morgan fingerprint density at radius 3 is 1.91 bits per heavy atom. The zero-order valence-corrected chi connectivity index (χ0v) is 22.6. The van der Waals surface area contributed by atoms with E-state index in [1.54, 1.807) is 0 Å². The summed E-state index contributed by atoms with van der Waals surface area (Å²) in [6, 6.07) is 21.9. The van der Waals surface area contributed by atoms with Gasteiger partial charge in [0.2, 0.25) is 0 Å². The minimum Gasteiger partial charge on any atom is -0.402 e. The van der Waals surface area contributed by atoms with Crippen LogP contribution < -0.4 is 10.4 Å². The molecule has 0 bridgehead atoms. The van der Waals surface area contributed by atoms with Gasteiger partial charge in [-0.1, -0.05) is 81.4 Å². The molecule has 0 N–H and O–H groups in total. The average Bonchev–Trinajstić information content (AvgIpc) is 3.42. The zero-order valence-electron chi connectivity index (χ0n) is 19.2. The van der Waals surface area contributed by atoms with Crippen LogP contribution in [-0.2, 0) is 11.0 Å². The van der Waals surface area contributed by atoms with E-state index in [0.717, 1.165) is 0 Å². The fourth-order valence-corrected chi connectivity index (χ4v) is 13.4. The molecule has 3 heterocycles. The number of benzene rings is 2. The predicted molar refractivity (Wildman–Crippen MR) is 147 cm³/mol. The predicted octanol–water partition coefficient (Wildman–Crippen LogP) is 7.87. The molecule has 5 aromatic rings. The second kappa shape index (κ2) is 8.23. The summed E-state index contributed by atoms with van der Waals surface area (Å²) in [6.07, 6.45) is 0. The first-order valence-electron chi connectivity index (χ1n) is 11.0. The number of hydrogen-bond acceptors (Lipinski definition) is 4. The summed E-state index contributed by atoms with van der Waals surface area (Å²) in [5.41, 5.74) is 2.80. The maximum Gasteiger partial charge on any atom is 0.261 e. The normalized spacial score (nSPS) is 12.8. The highest BCUT2D eigenvalue weighted by Gasteiger charge is 2.50. The Bertz CT molecular complexity index is 1330. The molecule has 5 heteroatoms. The Morgan fingerprint density at radius 1 is 0.750 bits per heavy atom. The summed E-state index contributed by atoms with van der Waals surface area (Å²) >= 11 is 5.77. The maximum atomic E-state index is 7.21. The molecule has 0 aliphatic carbocycles. The molecule has 0 amide bonds. The quantitative estimate of drug-likeness (QED) is 0.227. The number of aryl methyl sites for hydroxylation is 2. The molecular weight excluding hydrogens is 465 g/mol. The first kappa shape index (κ1) is 22.1. The van der Waals surface area contributed by atoms with Crippen LogP contribution in [-0.4, -0.2) is 8.32 Å². The van der Waals surface area contributed by atoms with Gasteiger partial charge in [-0.2, -0.15) is 0 Å². The fourth-order valence-electron chi connectivity index (χ4n) is 4.71. The average molecular weight is 493 g/mol. The van der Waals surface area contributed by atoms with Crippen molar-refractivity contribution in [2.75, 3.05) is 0 Å². The van der Waals surface area contributed by atoms with Gasteiger partial charge in [0.05, 0.1) is 25.4 Å². The third-order valence-corrected chi connectivity index (χ3v) is 15.6. The number of fused-ring (bicyclic) bond motifs is 3. The highest BCUT2D eigenvalue weighted by atomic mass is 32.1. The first-order valence-corrected chi connectivity index (χ1v) is 15.4. The van der Waals surface area contributed by atoms with E-state index in [1.807, 2.05) is 34.0 Å². The van der Waals surface area contributed by atoms with Gasteiger partial charge < -0.3 is 4.43 Å². The van der Waals surface area contributed by atoms with Crippen molar-refractivity contribution in [2.24, 2.45) is 0 Å². The first-order chi connectivity index (χ1) is 15.3. The van der Waals surface area contributed by atoms with Crippen LogP contribution in [0, 0.1) is 13.8 Å². The van der Waals surface area contributed by atoms with Crippen molar-refractivity contribution in [2.45, 2.75) is 46.3 Å². The molecule has 0 fully saturated rings. The van der Waals surface area contributed by atoms with Gasteiger partial charge in [-0.05, 0) is 45.8 Å². The second-order valence-electron chi connectivity index (χ2n) is 9.44. The van der Waals surface area contributed by atoms with E-state index >= 15 is 0 Å². The lowest BCUT2D eigenvalue weighted by atomic mass is 10.2. The van der Waals surface area contributed by atoms with Gasteiger partial charge in [-0.25, -0.2) is 0 Å². The SMILES string of the molecule is Cc1csc2c1sc1c(C)c(CO[Si](c3ccccc3)(c3ccccc3)C(C)(C)C)sc12. The van der Waals surface area contributed by atoms with Gasteiger partial charge in [0.15, 0.2) is 0 Å². The molecule has 2 aromatic carbocycles. The highest BCUT2D eigenvalue weighted by Crippen LogP contribution is 2.47. The lowest BCUT2D eigenvalue weighted by molar-refractivity contribution is 0.289. The van der Waals surface area contributed by atoms with Crippen molar-refractivity contribution in [1.29, 1.82) is 0 Å². The topological polar surface area (TPSA) is 9.23 Å². The Balaban J connectivity index is 1.61. The van der Waals surface area contributed by atoms with Crippen LogP contribution in [0.2, 0.25) is 5.04 Å². The van der Waals surface area contributed by atoms with Gasteiger partial charge in [0, 0.05) is 4.88 Å². The van der Waals surface area contributed by atoms with E-state index in [1.165, 1.54) is 45.2 Å². The Kier molecular flexibility index (Phi) is 5.67. The largest absolute Gasteiger partial charge is 0.402 e. The summed E-state index contributed by atoms with van der Waals surface area (Å²) < 4.78 is 13.0. The van der Waals surface area contributed by atoms with E-state index in [0.29, 0.717) is 6.61 Å². The van der Waals surface area contributed by atoms with Crippen molar-refractivity contribution in [3.8, 4) is 0 Å². The second-order valence-corrected chi connectivity index (χ2v) is 16.8. The lowest BCUT2D eigenvalue weighted by Crippen LogP contribution is -2.66. The minimum absolute atomic E-state index is 0.00359. The summed E-state index contributed by atoms with van der Waals surface area (Å²) in [7, 11) is -2.52. The Hall–Kier alpha value is -1.76. The van der Waals surface area contributed by atoms with Crippen molar-refractivity contribution < 1.29 is 4.43 Å². The van der Waals surface area contributed by atoms with Crippen LogP contribution in [0.15, 0.2) is 66.0 Å². The van der Waals surface area contributed by atoms with Gasteiger partial charge in [0.25, 0.3) is 8.32 Å². The molecule has 0 aliphatic heterocycles. The van der Waals surface area contributed by atoms with Crippen LogP contribution >= 0.6 is 34.0 Å². The number of hydrogen-bond donors (Lipinski definition) is 0. The van der Waals surface area contributed by atoms with Crippen LogP contribution in [0.4, 0.5) is 0 Å². The lowest BCUT2D eigenvalue weighted by Gasteiger charge is -2.43. The molecule has 32 heavy (non-hydrogen) atoms. The van der Waals surface area contributed by atoms with Crippen molar-refractivity contribution in [3.63, 3.8) is 0 Å². The molecule has 0 saturated carbocycles. The molecule has 0 saturated heterocycles. The molecule has 0 atom stereocenters. The summed E-state index contributed by atoms with van der Waals surface area (Å²) in [4.78, 5) is 1.37. The van der Waals surface area contributed by atoms with Crippen molar-refractivity contribution in [1.82, 2.24) is 0 Å². The highest BCUT2D eigenvalue weighted by molar-refractivity contribution is 7.38. The Labute approximate surface area is 203 Å². The molecule has 0 radical (unpaired) electrons. The fraction of sp³-hybridized carbons (Fsp3) is 0.259. The molecule has 0 spiro atoms. The molecule has 0 aliphatic rings. The molecular formula is C27H28OS3Si. The monoisotopic (exact) mass is 492 g/mol. The van der Waals surface area contributed by atoms with Crippen LogP contribution in [0.25, 0.3) is 18.8 Å². The van der Waals surface area contributed by atoms with E-state index in [2.05, 4.69) is 101 Å². The third kappa shape index (κ3) is 3.42. The summed E-state index contributed by atoms with van der Waals surface area (Å²) in [5.74, 6) is 0. The van der Waals surface area contributed by atoms with Gasteiger partial charge >= 0.3 is 0 Å². The van der Waals surface area contributed by atoms with E-state index in [4.69, 9.17) is 4.43 Å². The zero-order chi connectivity index (χ0) is 22.5. The van der Waals surface area contributed by atoms with Gasteiger partial charge in [-0.15, -0.1) is 34.0 Å². The van der Waals surface area contributed by atoms with E-state index in [-0.39, 0.29) is 5.04 Å². The standard InChI is InChI=1S/C27H28OS3Si/c1-18-17-29-25-23(18)31-24-19(2)22(30-26(24)25)16-28-32(27(3,4)5,20-12-8-6-9-13-20)21-14-10-7-11-15-21/h6-15,17H,16H2,1-5H3. The Morgan fingerprint density at radius 2 is 1.34 bits per heavy atom. The molecule has 0 unspecified atom stereocenters. The third-order valence-electron chi connectivity index (χ3n) is 6.36. The smallest absolute Gasteiger partial charge is 0.261 e. The maximum absolute atomic E-state index is 7.21. The van der Waals surface area contributed by atoms with Crippen molar-refractivity contribution in [3.05, 3.63) is 82.0 Å². The molecule has 3 aromatic heterocycles. The van der Waals surface area contributed by atoms with Crippen LogP contribution in [0.3, 0.4) is 0 Å². The minimum atomic E-state index is -2.52. The van der Waals surface area contributed by atoms with Crippen LogP contribution in [0.5, 0.6) is 0 Å². The van der Waals surface area contributed by atoms with Gasteiger partial charge in [-0.3, -0.25) is 0 Å². The van der Waals surface area contributed by atoms with E-state index in [9.17, 15) is 0 Å². The van der Waals surface area contributed by atoms with Crippen LogP contribution in [0.1, 0.15) is 36.8 Å². The molecule has 5 rings (SSSR count).